The number of hydrazine groups is 1. The largest absolute Gasteiger partial charge is 0.382 e. The summed E-state index contributed by atoms with van der Waals surface area (Å²) in [5, 5.41) is 0. The summed E-state index contributed by atoms with van der Waals surface area (Å²) < 4.78 is 11.1. The van der Waals surface area contributed by atoms with Gasteiger partial charge in [-0.25, -0.2) is 0 Å². The molecule has 0 aliphatic carbocycles. The Bertz CT molecular complexity index is 309. The molecule has 0 spiro atoms. The number of ether oxygens (including phenoxy) is 2. The second kappa shape index (κ2) is 8.85. The van der Waals surface area contributed by atoms with Crippen molar-refractivity contribution in [1.29, 1.82) is 0 Å². The highest BCUT2D eigenvalue weighted by Crippen LogP contribution is 2.22. The van der Waals surface area contributed by atoms with E-state index in [0.29, 0.717) is 19.8 Å². The fraction of sp³-hybridized carbons (Fsp3) is 0.636. The van der Waals surface area contributed by atoms with Crippen LogP contribution in [0.2, 0.25) is 4.34 Å². The van der Waals surface area contributed by atoms with Gasteiger partial charge in [0.05, 0.1) is 17.6 Å². The maximum Gasteiger partial charge on any atom is 0.0931 e. The standard InChI is InChI=1S/C11H19ClN2O2S/c1-15-6-7-16-5-4-9(14-13)8-10-2-3-11(12)17-10/h2-3,9,14H,4-8,13H2,1H3. The Morgan fingerprint density at radius 1 is 1.41 bits per heavy atom. The summed E-state index contributed by atoms with van der Waals surface area (Å²) in [4.78, 5) is 1.23. The molecule has 0 radical (unpaired) electrons. The Labute approximate surface area is 111 Å². The van der Waals surface area contributed by atoms with Crippen LogP contribution in [0, 0.1) is 0 Å². The minimum atomic E-state index is 0.215. The van der Waals surface area contributed by atoms with Crippen LogP contribution >= 0.6 is 22.9 Å². The molecule has 6 heteroatoms. The molecule has 0 aromatic carbocycles. The third-order valence-electron chi connectivity index (χ3n) is 2.35. The summed E-state index contributed by atoms with van der Waals surface area (Å²) in [5.41, 5.74) is 2.80. The Balaban J connectivity index is 2.19. The Morgan fingerprint density at radius 3 is 2.82 bits per heavy atom. The third kappa shape index (κ3) is 6.35. The Morgan fingerprint density at radius 2 is 2.24 bits per heavy atom. The SMILES string of the molecule is COCCOCCC(Cc1ccc(Cl)s1)NN. The van der Waals surface area contributed by atoms with E-state index < -0.39 is 0 Å². The predicted octanol–water partition coefficient (Wildman–Crippen LogP) is 1.83. The first-order valence-corrected chi connectivity index (χ1v) is 6.72. The molecule has 1 atom stereocenters. The third-order valence-corrected chi connectivity index (χ3v) is 3.61. The minimum absolute atomic E-state index is 0.215. The van der Waals surface area contributed by atoms with Gasteiger partial charge >= 0.3 is 0 Å². The van der Waals surface area contributed by atoms with Crippen LogP contribution in [0.5, 0.6) is 0 Å². The lowest BCUT2D eigenvalue weighted by Gasteiger charge is -2.14. The van der Waals surface area contributed by atoms with Crippen LogP contribution in [0.15, 0.2) is 12.1 Å². The van der Waals surface area contributed by atoms with Crippen molar-refractivity contribution in [3.05, 3.63) is 21.3 Å². The van der Waals surface area contributed by atoms with Crippen LogP contribution in [-0.2, 0) is 15.9 Å². The molecule has 1 heterocycles. The van der Waals surface area contributed by atoms with E-state index in [1.54, 1.807) is 18.4 Å². The highest BCUT2D eigenvalue weighted by atomic mass is 35.5. The Hall–Kier alpha value is -0.170. The molecule has 1 aromatic rings. The molecule has 98 valence electrons. The van der Waals surface area contributed by atoms with Crippen molar-refractivity contribution in [2.45, 2.75) is 18.9 Å². The van der Waals surface area contributed by atoms with Gasteiger partial charge in [0.2, 0.25) is 0 Å². The number of halogens is 1. The molecular formula is C11H19ClN2O2S. The number of hydrogen-bond acceptors (Lipinski definition) is 5. The van der Waals surface area contributed by atoms with E-state index in [9.17, 15) is 0 Å². The number of rotatable bonds is 9. The monoisotopic (exact) mass is 278 g/mol. The van der Waals surface area contributed by atoms with Gasteiger partial charge in [0.1, 0.15) is 0 Å². The zero-order valence-corrected chi connectivity index (χ0v) is 11.5. The van der Waals surface area contributed by atoms with Crippen molar-refractivity contribution in [3.63, 3.8) is 0 Å². The van der Waals surface area contributed by atoms with Gasteiger partial charge in [0.25, 0.3) is 0 Å². The molecule has 0 aliphatic rings. The summed E-state index contributed by atoms with van der Waals surface area (Å²) in [6.07, 6.45) is 1.75. The van der Waals surface area contributed by atoms with Gasteiger partial charge in [-0.05, 0) is 25.0 Å². The highest BCUT2D eigenvalue weighted by molar-refractivity contribution is 7.16. The fourth-order valence-corrected chi connectivity index (χ4v) is 2.59. The van der Waals surface area contributed by atoms with Gasteiger partial charge in [0.15, 0.2) is 0 Å². The smallest absolute Gasteiger partial charge is 0.0931 e. The van der Waals surface area contributed by atoms with E-state index in [-0.39, 0.29) is 6.04 Å². The average Bonchev–Trinajstić information content (AvgIpc) is 2.73. The zero-order chi connectivity index (χ0) is 12.5. The first kappa shape index (κ1) is 14.9. The van der Waals surface area contributed by atoms with E-state index in [4.69, 9.17) is 26.9 Å². The van der Waals surface area contributed by atoms with E-state index in [0.717, 1.165) is 17.2 Å². The number of hydrogen-bond donors (Lipinski definition) is 2. The Kier molecular flexibility index (Phi) is 7.75. The topological polar surface area (TPSA) is 56.5 Å². The van der Waals surface area contributed by atoms with Crippen molar-refractivity contribution in [2.75, 3.05) is 26.9 Å². The summed E-state index contributed by atoms with van der Waals surface area (Å²) in [7, 11) is 1.66. The zero-order valence-electron chi connectivity index (χ0n) is 9.95. The van der Waals surface area contributed by atoms with Gasteiger partial charge in [-0.15, -0.1) is 11.3 Å². The average molecular weight is 279 g/mol. The lowest BCUT2D eigenvalue weighted by Crippen LogP contribution is -2.37. The molecule has 0 amide bonds. The number of nitrogens with two attached hydrogens (primary N) is 1. The van der Waals surface area contributed by atoms with Gasteiger partial charge < -0.3 is 9.47 Å². The van der Waals surface area contributed by atoms with Crippen molar-refractivity contribution in [2.24, 2.45) is 5.84 Å². The van der Waals surface area contributed by atoms with E-state index in [1.165, 1.54) is 4.88 Å². The number of nitrogens with one attached hydrogen (secondary N) is 1. The molecule has 1 rings (SSSR count). The van der Waals surface area contributed by atoms with Gasteiger partial charge in [-0.2, -0.15) is 0 Å². The summed E-state index contributed by atoms with van der Waals surface area (Å²) in [6, 6.07) is 4.15. The van der Waals surface area contributed by atoms with E-state index in [1.807, 2.05) is 12.1 Å². The molecule has 1 unspecified atom stereocenters. The molecule has 0 saturated carbocycles. The molecule has 0 fully saturated rings. The van der Waals surface area contributed by atoms with E-state index in [2.05, 4.69) is 5.43 Å². The van der Waals surface area contributed by atoms with Crippen LogP contribution < -0.4 is 11.3 Å². The van der Waals surface area contributed by atoms with Crippen molar-refractivity contribution < 1.29 is 9.47 Å². The van der Waals surface area contributed by atoms with Crippen LogP contribution in [0.3, 0.4) is 0 Å². The molecule has 4 nitrogen and oxygen atoms in total. The van der Waals surface area contributed by atoms with Crippen LogP contribution in [0.4, 0.5) is 0 Å². The van der Waals surface area contributed by atoms with Gasteiger partial charge in [-0.3, -0.25) is 11.3 Å². The van der Waals surface area contributed by atoms with Gasteiger partial charge in [0, 0.05) is 24.6 Å². The van der Waals surface area contributed by atoms with Crippen LogP contribution in [-0.4, -0.2) is 33.0 Å². The molecule has 1 aromatic heterocycles. The maximum atomic E-state index is 5.88. The molecule has 0 saturated heterocycles. The second-order valence-corrected chi connectivity index (χ2v) is 5.47. The lowest BCUT2D eigenvalue weighted by molar-refractivity contribution is 0.0658. The number of thiophene rings is 1. The first-order valence-electron chi connectivity index (χ1n) is 5.53. The van der Waals surface area contributed by atoms with Crippen molar-refractivity contribution in [3.8, 4) is 0 Å². The quantitative estimate of drug-likeness (QED) is 0.411. The molecule has 0 aliphatic heterocycles. The molecular weight excluding hydrogens is 260 g/mol. The maximum absolute atomic E-state index is 5.88. The van der Waals surface area contributed by atoms with Crippen LogP contribution in [0.25, 0.3) is 0 Å². The normalized spacial score (nSPS) is 12.9. The fourth-order valence-electron chi connectivity index (χ4n) is 1.42. The highest BCUT2D eigenvalue weighted by Gasteiger charge is 2.09. The lowest BCUT2D eigenvalue weighted by atomic mass is 10.1. The second-order valence-electron chi connectivity index (χ2n) is 3.67. The van der Waals surface area contributed by atoms with Crippen molar-refractivity contribution in [1.82, 2.24) is 5.43 Å². The summed E-state index contributed by atoms with van der Waals surface area (Å²) in [5.74, 6) is 5.51. The first-order chi connectivity index (χ1) is 8.26. The molecule has 3 N–H and O–H groups in total. The molecule has 17 heavy (non-hydrogen) atoms. The van der Waals surface area contributed by atoms with E-state index >= 15 is 0 Å². The van der Waals surface area contributed by atoms with Crippen LogP contribution in [0.1, 0.15) is 11.3 Å². The van der Waals surface area contributed by atoms with Crippen molar-refractivity contribution >= 4 is 22.9 Å². The summed E-state index contributed by atoms with van der Waals surface area (Å²) >= 11 is 7.46. The minimum Gasteiger partial charge on any atom is -0.382 e. The van der Waals surface area contributed by atoms with Gasteiger partial charge in [-0.1, -0.05) is 11.6 Å². The molecule has 0 bridgehead atoms. The number of methoxy groups -OCH3 is 1. The predicted molar refractivity (Wildman–Crippen MR) is 71.5 cm³/mol. The summed E-state index contributed by atoms with van der Waals surface area (Å²) in [6.45, 7) is 1.93.